The van der Waals surface area contributed by atoms with Crippen molar-refractivity contribution in [3.05, 3.63) is 59.7 Å². The molecule has 3 amide bonds. The lowest BCUT2D eigenvalue weighted by Gasteiger charge is -2.35. The lowest BCUT2D eigenvalue weighted by Crippen LogP contribution is -2.58. The van der Waals surface area contributed by atoms with E-state index in [1.54, 1.807) is 31.2 Å². The van der Waals surface area contributed by atoms with Crippen molar-refractivity contribution in [3.63, 3.8) is 0 Å². The van der Waals surface area contributed by atoms with Crippen molar-refractivity contribution in [3.8, 4) is 11.1 Å². The molecule has 2 fully saturated rings. The van der Waals surface area contributed by atoms with Crippen LogP contribution in [0.4, 0.5) is 8.78 Å². The third-order valence-corrected chi connectivity index (χ3v) is 8.04. The van der Waals surface area contributed by atoms with Crippen LogP contribution >= 0.6 is 0 Å². The molecule has 11 heteroatoms. The molecule has 0 spiro atoms. The Labute approximate surface area is 251 Å². The number of amides is 3. The van der Waals surface area contributed by atoms with Crippen LogP contribution in [0.1, 0.15) is 58.6 Å². The van der Waals surface area contributed by atoms with Gasteiger partial charge in [0.2, 0.25) is 17.7 Å². The fourth-order valence-corrected chi connectivity index (χ4v) is 5.58. The molecule has 234 valence electrons. The Balaban J connectivity index is 1.41. The van der Waals surface area contributed by atoms with Crippen LogP contribution in [0, 0.1) is 17.0 Å². The number of ether oxygens (including phenoxy) is 1. The molecule has 4 rings (SSSR count). The summed E-state index contributed by atoms with van der Waals surface area (Å²) in [5, 5.41) is 19.4. The number of aliphatic hydroxyl groups excluding tert-OH is 1. The highest BCUT2D eigenvalue weighted by atomic mass is 19.1. The summed E-state index contributed by atoms with van der Waals surface area (Å²) in [6, 6.07) is 7.83. The number of rotatable bonds is 9. The molecule has 4 atom stereocenters. The lowest BCUT2D eigenvalue weighted by molar-refractivity contribution is -0.145. The SMILES string of the molecule is C[C@H](NC(=O)[C@@H]1C[C@@H](O)CN1C(=O)[C@@H](NC(=O)COC1CCNCC1)C(C)(C)C)c1ccc(-c2c(F)cccc2F)cc1. The maximum atomic E-state index is 14.2. The van der Waals surface area contributed by atoms with E-state index in [1.165, 1.54) is 23.1 Å². The van der Waals surface area contributed by atoms with Crippen LogP contribution in [-0.4, -0.2) is 78.3 Å². The lowest BCUT2D eigenvalue weighted by atomic mass is 9.85. The molecule has 0 unspecified atom stereocenters. The Bertz CT molecular complexity index is 1270. The number of aliphatic hydroxyl groups is 1. The minimum atomic E-state index is -0.944. The summed E-state index contributed by atoms with van der Waals surface area (Å²) < 4.78 is 34.2. The topological polar surface area (TPSA) is 120 Å². The summed E-state index contributed by atoms with van der Waals surface area (Å²) >= 11 is 0. The summed E-state index contributed by atoms with van der Waals surface area (Å²) in [5.41, 5.74) is 0.255. The number of likely N-dealkylation sites (tertiary alicyclic amines) is 1. The van der Waals surface area contributed by atoms with Gasteiger partial charge in [-0.15, -0.1) is 0 Å². The number of β-amino-alcohol motifs (C(OH)–C–C–N with tert-alkyl or cyclic N) is 1. The zero-order valence-electron chi connectivity index (χ0n) is 25.2. The van der Waals surface area contributed by atoms with Crippen molar-refractivity contribution in [2.24, 2.45) is 5.41 Å². The van der Waals surface area contributed by atoms with E-state index in [0.29, 0.717) is 11.1 Å². The van der Waals surface area contributed by atoms with Crippen LogP contribution in [0.5, 0.6) is 0 Å². The van der Waals surface area contributed by atoms with Crippen molar-refractivity contribution in [1.82, 2.24) is 20.9 Å². The van der Waals surface area contributed by atoms with Crippen molar-refractivity contribution >= 4 is 17.7 Å². The van der Waals surface area contributed by atoms with Crippen molar-refractivity contribution in [1.29, 1.82) is 0 Å². The smallest absolute Gasteiger partial charge is 0.246 e. The molecular weight excluding hydrogens is 558 g/mol. The van der Waals surface area contributed by atoms with Gasteiger partial charge in [-0.05, 0) is 61.5 Å². The highest BCUT2D eigenvalue weighted by Gasteiger charge is 2.44. The first-order valence-corrected chi connectivity index (χ1v) is 14.8. The van der Waals surface area contributed by atoms with Crippen LogP contribution < -0.4 is 16.0 Å². The number of hydrogen-bond acceptors (Lipinski definition) is 6. The molecule has 0 radical (unpaired) electrons. The maximum Gasteiger partial charge on any atom is 0.246 e. The first kappa shape index (κ1) is 32.5. The molecule has 2 saturated heterocycles. The minimum Gasteiger partial charge on any atom is -0.391 e. The molecule has 9 nitrogen and oxygen atoms in total. The van der Waals surface area contributed by atoms with Crippen LogP contribution in [0.15, 0.2) is 42.5 Å². The largest absolute Gasteiger partial charge is 0.391 e. The van der Waals surface area contributed by atoms with Gasteiger partial charge in [-0.2, -0.15) is 0 Å². The van der Waals surface area contributed by atoms with Gasteiger partial charge < -0.3 is 30.7 Å². The second-order valence-electron chi connectivity index (χ2n) is 12.5. The van der Waals surface area contributed by atoms with E-state index in [1.807, 2.05) is 20.8 Å². The normalized spacial score (nSPS) is 20.9. The predicted octanol–water partition coefficient (Wildman–Crippen LogP) is 3.07. The van der Waals surface area contributed by atoms with E-state index in [4.69, 9.17) is 4.74 Å². The fraction of sp³-hybridized carbons (Fsp3) is 0.531. The van der Waals surface area contributed by atoms with Crippen LogP contribution in [-0.2, 0) is 19.1 Å². The molecule has 2 aliphatic heterocycles. The minimum absolute atomic E-state index is 0.0172. The molecule has 2 aliphatic rings. The zero-order valence-corrected chi connectivity index (χ0v) is 25.2. The molecule has 0 aromatic heterocycles. The molecule has 43 heavy (non-hydrogen) atoms. The van der Waals surface area contributed by atoms with Gasteiger partial charge in [0.1, 0.15) is 30.3 Å². The molecule has 0 aliphatic carbocycles. The van der Waals surface area contributed by atoms with Crippen LogP contribution in [0.25, 0.3) is 11.1 Å². The van der Waals surface area contributed by atoms with Gasteiger partial charge in [0.05, 0.1) is 23.8 Å². The van der Waals surface area contributed by atoms with E-state index in [9.17, 15) is 28.3 Å². The van der Waals surface area contributed by atoms with Gasteiger partial charge in [-0.1, -0.05) is 51.1 Å². The number of carbonyl (C=O) groups excluding carboxylic acids is 3. The number of carbonyl (C=O) groups is 3. The quantitative estimate of drug-likeness (QED) is 0.351. The van der Waals surface area contributed by atoms with Gasteiger partial charge in [0.15, 0.2) is 0 Å². The Hall–Kier alpha value is -3.41. The Morgan fingerprint density at radius 2 is 1.67 bits per heavy atom. The van der Waals surface area contributed by atoms with Gasteiger partial charge in [0, 0.05) is 13.0 Å². The van der Waals surface area contributed by atoms with E-state index in [2.05, 4.69) is 16.0 Å². The summed E-state index contributed by atoms with van der Waals surface area (Å²) in [6.07, 6.45) is 0.758. The highest BCUT2D eigenvalue weighted by molar-refractivity contribution is 5.93. The van der Waals surface area contributed by atoms with Gasteiger partial charge >= 0.3 is 0 Å². The Kier molecular flexibility index (Phi) is 10.5. The Morgan fingerprint density at radius 3 is 2.28 bits per heavy atom. The fourth-order valence-electron chi connectivity index (χ4n) is 5.58. The summed E-state index contributed by atoms with van der Waals surface area (Å²) in [4.78, 5) is 41.3. The van der Waals surface area contributed by atoms with E-state index < -0.39 is 59.0 Å². The Morgan fingerprint density at radius 1 is 1.05 bits per heavy atom. The summed E-state index contributed by atoms with van der Waals surface area (Å²) in [5.74, 6) is -2.66. The molecule has 4 N–H and O–H groups in total. The molecule has 0 bridgehead atoms. The van der Waals surface area contributed by atoms with Crippen molar-refractivity contribution in [2.45, 2.75) is 77.3 Å². The van der Waals surface area contributed by atoms with Crippen LogP contribution in [0.2, 0.25) is 0 Å². The summed E-state index contributed by atoms with van der Waals surface area (Å²) in [6.45, 7) is 8.67. The third kappa shape index (κ3) is 8.16. The average molecular weight is 601 g/mol. The second-order valence-corrected chi connectivity index (χ2v) is 12.5. The van der Waals surface area contributed by atoms with Gasteiger partial charge in [0.25, 0.3) is 0 Å². The highest BCUT2D eigenvalue weighted by Crippen LogP contribution is 2.29. The summed E-state index contributed by atoms with van der Waals surface area (Å²) in [7, 11) is 0. The maximum absolute atomic E-state index is 14.2. The van der Waals surface area contributed by atoms with E-state index >= 15 is 0 Å². The van der Waals surface area contributed by atoms with Crippen molar-refractivity contribution in [2.75, 3.05) is 26.2 Å². The van der Waals surface area contributed by atoms with Crippen molar-refractivity contribution < 1.29 is 33.0 Å². The number of piperidine rings is 1. The third-order valence-electron chi connectivity index (χ3n) is 8.04. The molecule has 2 aromatic carbocycles. The standard InChI is InChI=1S/C32H42F2N4O5/c1-19(20-8-10-21(11-9-20)28-24(33)6-5-7-25(28)34)36-30(41)26-16-22(39)17-38(26)31(42)29(32(2,3)4)37-27(40)18-43-23-12-14-35-15-13-23/h5-11,19,22-23,26,29,35,39H,12-18H2,1-4H3,(H,36,41)(H,37,40)/t19-,22+,26-,29+/m0/s1. The monoisotopic (exact) mass is 600 g/mol. The number of halogens is 2. The number of benzene rings is 2. The molecule has 2 heterocycles. The zero-order chi connectivity index (χ0) is 31.3. The first-order valence-electron chi connectivity index (χ1n) is 14.8. The van der Waals surface area contributed by atoms with Crippen LogP contribution in [0.3, 0.4) is 0 Å². The second kappa shape index (κ2) is 13.9. The predicted molar refractivity (Wildman–Crippen MR) is 158 cm³/mol. The molecule has 2 aromatic rings. The van der Waals surface area contributed by atoms with E-state index in [-0.39, 0.29) is 31.2 Å². The van der Waals surface area contributed by atoms with E-state index in [0.717, 1.165) is 25.9 Å². The first-order chi connectivity index (χ1) is 20.3. The van der Waals surface area contributed by atoms with Gasteiger partial charge in [-0.25, -0.2) is 8.78 Å². The average Bonchev–Trinajstić information content (AvgIpc) is 3.36. The number of hydrogen-bond donors (Lipinski definition) is 4. The number of nitrogens with zero attached hydrogens (tertiary/aromatic N) is 1. The molecular formula is C32H42F2N4O5. The number of nitrogens with one attached hydrogen (secondary N) is 3. The molecule has 0 saturated carbocycles. The van der Waals surface area contributed by atoms with Gasteiger partial charge in [-0.3, -0.25) is 14.4 Å².